The van der Waals surface area contributed by atoms with Gasteiger partial charge >= 0.3 is 0 Å². The normalized spacial score (nSPS) is 29.8. The molecule has 26 heavy (non-hydrogen) atoms. The highest BCUT2D eigenvalue weighted by Gasteiger charge is 2.34. The predicted octanol–water partition coefficient (Wildman–Crippen LogP) is 2.04. The second-order valence-corrected chi connectivity index (χ2v) is 8.90. The fourth-order valence-electron chi connectivity index (χ4n) is 3.50. The highest BCUT2D eigenvalue weighted by molar-refractivity contribution is 5.27. The Hall–Kier alpha value is -1.02. The van der Waals surface area contributed by atoms with Crippen molar-refractivity contribution in [1.29, 1.82) is 0 Å². The first-order chi connectivity index (χ1) is 12.2. The molecule has 1 aromatic rings. The number of hydroxylamine groups is 1. The summed E-state index contributed by atoms with van der Waals surface area (Å²) in [4.78, 5) is 10.5. The molecule has 3 unspecified atom stereocenters. The lowest BCUT2D eigenvalue weighted by molar-refractivity contribution is -0.0361. The summed E-state index contributed by atoms with van der Waals surface area (Å²) in [6.45, 7) is 12.0. The van der Waals surface area contributed by atoms with Crippen LogP contribution in [0.15, 0.2) is 24.3 Å². The minimum Gasteiger partial charge on any atom is -0.302 e. The summed E-state index contributed by atoms with van der Waals surface area (Å²) in [6, 6.07) is 9.11. The maximum atomic E-state index is 5.70. The average Bonchev–Trinajstić information content (AvgIpc) is 3.09. The molecule has 0 saturated carbocycles. The summed E-state index contributed by atoms with van der Waals surface area (Å²) in [5, 5.41) is 7.27. The third-order valence-corrected chi connectivity index (χ3v) is 5.47. The quantitative estimate of drug-likeness (QED) is 0.763. The molecule has 2 heterocycles. The van der Waals surface area contributed by atoms with Crippen LogP contribution in [0, 0.1) is 5.41 Å². The van der Waals surface area contributed by atoms with E-state index in [-0.39, 0.29) is 17.8 Å². The molecular formula is C20H35N5O. The summed E-state index contributed by atoms with van der Waals surface area (Å²) >= 11 is 0. The van der Waals surface area contributed by atoms with Gasteiger partial charge in [-0.05, 0) is 32.1 Å². The van der Waals surface area contributed by atoms with Gasteiger partial charge in [0.1, 0.15) is 12.4 Å². The number of hydrogen-bond donors (Lipinski definition) is 3. The third kappa shape index (κ3) is 4.63. The minimum atomic E-state index is 0.00611. The fourth-order valence-corrected chi connectivity index (χ4v) is 3.50. The highest BCUT2D eigenvalue weighted by atomic mass is 16.7. The number of rotatable bonds is 4. The Bertz CT molecular complexity index is 585. The van der Waals surface area contributed by atoms with Gasteiger partial charge < -0.3 is 4.90 Å². The molecule has 4 atom stereocenters. The SMILES string of the molecule is C[C@@H](NC1CN(C)CCN1C)c1ccc(C2NOC(C(C)(C)C)N2)cc1. The molecule has 146 valence electrons. The van der Waals surface area contributed by atoms with E-state index in [4.69, 9.17) is 4.84 Å². The van der Waals surface area contributed by atoms with E-state index in [2.05, 4.69) is 92.0 Å². The van der Waals surface area contributed by atoms with Gasteiger partial charge in [-0.1, -0.05) is 45.0 Å². The number of benzene rings is 1. The Labute approximate surface area is 158 Å². The molecule has 2 saturated heterocycles. The van der Waals surface area contributed by atoms with Gasteiger partial charge in [0.05, 0.1) is 6.17 Å². The molecule has 6 heteroatoms. The van der Waals surface area contributed by atoms with Crippen molar-refractivity contribution >= 4 is 0 Å². The summed E-state index contributed by atoms with van der Waals surface area (Å²) in [5.41, 5.74) is 5.67. The fraction of sp³-hybridized carbons (Fsp3) is 0.700. The lowest BCUT2D eigenvalue weighted by atomic mass is 9.94. The van der Waals surface area contributed by atoms with Crippen LogP contribution in [-0.4, -0.2) is 55.9 Å². The maximum absolute atomic E-state index is 5.70. The molecule has 1 aromatic carbocycles. The van der Waals surface area contributed by atoms with Crippen molar-refractivity contribution in [2.45, 2.75) is 52.3 Å². The number of hydrogen-bond acceptors (Lipinski definition) is 6. The highest BCUT2D eigenvalue weighted by Crippen LogP contribution is 2.27. The predicted molar refractivity (Wildman–Crippen MR) is 105 cm³/mol. The van der Waals surface area contributed by atoms with Gasteiger partial charge in [-0.2, -0.15) is 5.48 Å². The van der Waals surface area contributed by atoms with Crippen molar-refractivity contribution in [3.8, 4) is 0 Å². The summed E-state index contributed by atoms with van der Waals surface area (Å²) in [7, 11) is 4.39. The van der Waals surface area contributed by atoms with Gasteiger partial charge in [-0.3, -0.25) is 20.4 Å². The van der Waals surface area contributed by atoms with Crippen LogP contribution in [0.1, 0.15) is 51.0 Å². The van der Waals surface area contributed by atoms with Crippen LogP contribution >= 0.6 is 0 Å². The van der Waals surface area contributed by atoms with E-state index >= 15 is 0 Å². The van der Waals surface area contributed by atoms with Crippen LogP contribution in [0.5, 0.6) is 0 Å². The molecule has 2 aliphatic rings. The molecule has 0 amide bonds. The van der Waals surface area contributed by atoms with Gasteiger partial charge in [0.25, 0.3) is 0 Å². The Morgan fingerprint density at radius 3 is 2.46 bits per heavy atom. The molecule has 2 fully saturated rings. The third-order valence-electron chi connectivity index (χ3n) is 5.47. The van der Waals surface area contributed by atoms with Gasteiger partial charge in [-0.25, -0.2) is 0 Å². The summed E-state index contributed by atoms with van der Waals surface area (Å²) < 4.78 is 0. The largest absolute Gasteiger partial charge is 0.302 e. The first-order valence-electron chi connectivity index (χ1n) is 9.66. The Balaban J connectivity index is 1.59. The first-order valence-corrected chi connectivity index (χ1v) is 9.66. The van der Waals surface area contributed by atoms with Crippen molar-refractivity contribution in [1.82, 2.24) is 25.9 Å². The number of likely N-dealkylation sites (N-methyl/N-ethyl adjacent to an activating group) is 2. The zero-order chi connectivity index (χ0) is 18.9. The lowest BCUT2D eigenvalue weighted by Crippen LogP contribution is -2.56. The summed E-state index contributed by atoms with van der Waals surface area (Å²) in [6.07, 6.45) is 0.434. The lowest BCUT2D eigenvalue weighted by Gasteiger charge is -2.39. The van der Waals surface area contributed by atoms with Crippen LogP contribution in [-0.2, 0) is 4.84 Å². The van der Waals surface area contributed by atoms with Gasteiger partial charge in [0, 0.05) is 31.1 Å². The molecule has 3 N–H and O–H groups in total. The van der Waals surface area contributed by atoms with E-state index in [1.165, 1.54) is 11.1 Å². The Morgan fingerprint density at radius 2 is 1.85 bits per heavy atom. The van der Waals surface area contributed by atoms with Crippen LogP contribution in [0.2, 0.25) is 0 Å². The second-order valence-electron chi connectivity index (χ2n) is 8.90. The van der Waals surface area contributed by atoms with Gasteiger partial charge in [0.15, 0.2) is 0 Å². The zero-order valence-electron chi connectivity index (χ0n) is 17.0. The van der Waals surface area contributed by atoms with E-state index in [1.54, 1.807) is 0 Å². The van der Waals surface area contributed by atoms with Crippen molar-refractivity contribution in [2.75, 3.05) is 33.7 Å². The summed E-state index contributed by atoms with van der Waals surface area (Å²) in [5.74, 6) is 0. The van der Waals surface area contributed by atoms with E-state index in [0.717, 1.165) is 19.6 Å². The average molecular weight is 362 g/mol. The molecular weight excluding hydrogens is 326 g/mol. The van der Waals surface area contributed by atoms with Crippen molar-refractivity contribution in [3.63, 3.8) is 0 Å². The van der Waals surface area contributed by atoms with Crippen LogP contribution in [0.4, 0.5) is 0 Å². The molecule has 3 rings (SSSR count). The molecule has 0 aliphatic carbocycles. The standard InChI is InChI=1S/C20H35N5O/c1-14(21-17-13-24(5)11-12-25(17)6)15-7-9-16(10-8-15)18-22-19(26-23-18)20(2,3)4/h7-10,14,17-19,21-23H,11-13H2,1-6H3/t14-,17?,18?,19?/m1/s1. The van der Waals surface area contributed by atoms with Crippen LogP contribution < -0.4 is 16.1 Å². The number of piperazine rings is 1. The number of nitrogens with zero attached hydrogens (tertiary/aromatic N) is 2. The van der Waals surface area contributed by atoms with Crippen molar-refractivity contribution in [3.05, 3.63) is 35.4 Å². The Morgan fingerprint density at radius 1 is 1.15 bits per heavy atom. The van der Waals surface area contributed by atoms with E-state index < -0.39 is 0 Å². The van der Waals surface area contributed by atoms with Crippen LogP contribution in [0.3, 0.4) is 0 Å². The van der Waals surface area contributed by atoms with Gasteiger partial charge in [0.2, 0.25) is 0 Å². The molecule has 0 radical (unpaired) electrons. The topological polar surface area (TPSA) is 51.8 Å². The monoisotopic (exact) mass is 361 g/mol. The molecule has 0 bridgehead atoms. The van der Waals surface area contributed by atoms with Gasteiger partial charge in [-0.15, -0.1) is 0 Å². The first kappa shape index (κ1) is 19.7. The molecule has 0 aromatic heterocycles. The molecule has 0 spiro atoms. The number of nitrogens with one attached hydrogen (secondary N) is 3. The van der Waals surface area contributed by atoms with E-state index in [0.29, 0.717) is 12.2 Å². The Kier molecular flexibility index (Phi) is 6.01. The maximum Gasteiger partial charge on any atom is 0.136 e. The second kappa shape index (κ2) is 7.92. The van der Waals surface area contributed by atoms with Crippen molar-refractivity contribution < 1.29 is 4.84 Å². The van der Waals surface area contributed by atoms with Crippen molar-refractivity contribution in [2.24, 2.45) is 5.41 Å². The minimum absolute atomic E-state index is 0.00611. The smallest absolute Gasteiger partial charge is 0.136 e. The van der Waals surface area contributed by atoms with Crippen LogP contribution in [0.25, 0.3) is 0 Å². The molecule has 2 aliphatic heterocycles. The van der Waals surface area contributed by atoms with E-state index in [1.807, 2.05) is 0 Å². The van der Waals surface area contributed by atoms with E-state index in [9.17, 15) is 0 Å². The molecule has 6 nitrogen and oxygen atoms in total. The zero-order valence-corrected chi connectivity index (χ0v) is 17.0.